The Labute approximate surface area is 102 Å². The van der Waals surface area contributed by atoms with Crippen LogP contribution in [-0.2, 0) is 9.59 Å². The fourth-order valence-electron chi connectivity index (χ4n) is 1.85. The van der Waals surface area contributed by atoms with E-state index in [0.717, 1.165) is 0 Å². The average molecular weight is 289 g/mol. The Morgan fingerprint density at radius 1 is 1.44 bits per heavy atom. The number of hydrogen-bond donors (Lipinski definition) is 2. The summed E-state index contributed by atoms with van der Waals surface area (Å²) >= 11 is 3.22. The first kappa shape index (κ1) is 13.0. The quantitative estimate of drug-likeness (QED) is 0.778. The summed E-state index contributed by atoms with van der Waals surface area (Å²) < 4.78 is 0. The number of carboxylic acids is 2. The van der Waals surface area contributed by atoms with Crippen LogP contribution in [-0.4, -0.2) is 27.5 Å². The van der Waals surface area contributed by atoms with Gasteiger partial charge in [0.25, 0.3) is 0 Å². The second-order valence-corrected chi connectivity index (χ2v) is 4.64. The Balaban J connectivity index is 3.14. The van der Waals surface area contributed by atoms with E-state index < -0.39 is 17.4 Å². The molecule has 0 aromatic rings. The van der Waals surface area contributed by atoms with Gasteiger partial charge in [0.2, 0.25) is 0 Å². The van der Waals surface area contributed by atoms with Crippen LogP contribution in [0.25, 0.3) is 0 Å². The maximum absolute atomic E-state index is 11.4. The highest BCUT2D eigenvalue weighted by Gasteiger charge is 2.42. The Morgan fingerprint density at radius 3 is 2.50 bits per heavy atom. The molecule has 0 radical (unpaired) electrons. The third-order valence-electron chi connectivity index (χ3n) is 2.99. The molecule has 1 rings (SSSR count). The highest BCUT2D eigenvalue weighted by atomic mass is 79.9. The maximum Gasteiger partial charge on any atom is 0.331 e. The lowest BCUT2D eigenvalue weighted by Gasteiger charge is -2.32. The molecule has 2 N–H and O–H groups in total. The first-order chi connectivity index (χ1) is 7.44. The van der Waals surface area contributed by atoms with Crippen LogP contribution >= 0.6 is 15.9 Å². The summed E-state index contributed by atoms with van der Waals surface area (Å²) in [5, 5.41) is 18.7. The van der Waals surface area contributed by atoms with Crippen molar-refractivity contribution in [3.63, 3.8) is 0 Å². The van der Waals surface area contributed by atoms with Crippen LogP contribution in [0.5, 0.6) is 0 Å². The molecule has 0 saturated carbocycles. The summed E-state index contributed by atoms with van der Waals surface area (Å²) in [7, 11) is 0. The van der Waals surface area contributed by atoms with Crippen LogP contribution in [0.3, 0.4) is 0 Å². The fraction of sp³-hybridized carbons (Fsp3) is 0.455. The molecule has 0 saturated heterocycles. The zero-order valence-electron chi connectivity index (χ0n) is 8.86. The Hall–Kier alpha value is -1.10. The van der Waals surface area contributed by atoms with Crippen LogP contribution in [0, 0.1) is 5.41 Å². The van der Waals surface area contributed by atoms with Gasteiger partial charge in [0.05, 0.1) is 5.41 Å². The Kier molecular flexibility index (Phi) is 3.91. The second kappa shape index (κ2) is 4.82. The predicted molar refractivity (Wildman–Crippen MR) is 62.6 cm³/mol. The van der Waals surface area contributed by atoms with E-state index >= 15 is 0 Å². The minimum Gasteiger partial charge on any atom is -0.481 e. The molecule has 4 nitrogen and oxygen atoms in total. The molecule has 1 aliphatic carbocycles. The summed E-state index contributed by atoms with van der Waals surface area (Å²) in [6, 6.07) is 0. The number of carboxylic acid groups (broad SMARTS) is 2. The summed E-state index contributed by atoms with van der Waals surface area (Å²) in [4.78, 5) is 22.2. The molecule has 0 aromatic carbocycles. The van der Waals surface area contributed by atoms with Gasteiger partial charge >= 0.3 is 11.9 Å². The van der Waals surface area contributed by atoms with E-state index in [1.165, 1.54) is 6.08 Å². The van der Waals surface area contributed by atoms with Crippen LogP contribution < -0.4 is 0 Å². The topological polar surface area (TPSA) is 74.6 Å². The molecule has 1 atom stereocenters. The normalized spacial score (nSPS) is 24.6. The van der Waals surface area contributed by atoms with Gasteiger partial charge in [0.1, 0.15) is 0 Å². The van der Waals surface area contributed by atoms with E-state index in [1.807, 2.05) is 0 Å². The molecule has 0 fully saturated rings. The highest BCUT2D eigenvalue weighted by Crippen LogP contribution is 2.41. The van der Waals surface area contributed by atoms with E-state index in [9.17, 15) is 14.7 Å². The minimum absolute atomic E-state index is 0.0472. The van der Waals surface area contributed by atoms with Crippen LogP contribution in [0.15, 0.2) is 23.3 Å². The molecule has 1 unspecified atom stereocenters. The number of allylic oxidation sites excluding steroid dienone is 2. The Morgan fingerprint density at radius 2 is 2.06 bits per heavy atom. The van der Waals surface area contributed by atoms with Gasteiger partial charge < -0.3 is 10.2 Å². The van der Waals surface area contributed by atoms with E-state index in [0.29, 0.717) is 17.3 Å². The third-order valence-corrected chi connectivity index (χ3v) is 3.38. The number of alkyl halides is 1. The van der Waals surface area contributed by atoms with Gasteiger partial charge in [-0.25, -0.2) is 4.79 Å². The van der Waals surface area contributed by atoms with Crippen molar-refractivity contribution in [1.82, 2.24) is 0 Å². The van der Waals surface area contributed by atoms with Crippen molar-refractivity contribution in [2.45, 2.75) is 19.8 Å². The molecule has 16 heavy (non-hydrogen) atoms. The lowest BCUT2D eigenvalue weighted by Crippen LogP contribution is -2.35. The number of carbonyl (C=O) groups is 2. The molecule has 0 aliphatic heterocycles. The fourth-order valence-corrected chi connectivity index (χ4v) is 2.53. The van der Waals surface area contributed by atoms with Gasteiger partial charge in [0, 0.05) is 10.9 Å². The molecule has 0 heterocycles. The molecular formula is C11H13BrO4. The van der Waals surface area contributed by atoms with E-state index in [2.05, 4.69) is 15.9 Å². The molecule has 0 bridgehead atoms. The Bertz CT molecular complexity index is 383. The van der Waals surface area contributed by atoms with E-state index in [1.54, 1.807) is 13.0 Å². The monoisotopic (exact) mass is 288 g/mol. The first-order valence-electron chi connectivity index (χ1n) is 4.84. The van der Waals surface area contributed by atoms with Gasteiger partial charge in [0.15, 0.2) is 0 Å². The first-order valence-corrected chi connectivity index (χ1v) is 5.97. The molecule has 0 aromatic heterocycles. The number of rotatable bonds is 4. The number of hydrogen-bond acceptors (Lipinski definition) is 2. The van der Waals surface area contributed by atoms with Crippen molar-refractivity contribution >= 4 is 27.9 Å². The van der Waals surface area contributed by atoms with Crippen molar-refractivity contribution in [2.75, 3.05) is 5.33 Å². The van der Waals surface area contributed by atoms with E-state index in [-0.39, 0.29) is 12.0 Å². The lowest BCUT2D eigenvalue weighted by atomic mass is 9.71. The van der Waals surface area contributed by atoms with Gasteiger partial charge in [-0.2, -0.15) is 0 Å². The zero-order valence-corrected chi connectivity index (χ0v) is 10.5. The highest BCUT2D eigenvalue weighted by molar-refractivity contribution is 9.09. The number of aliphatic carboxylic acids is 2. The van der Waals surface area contributed by atoms with E-state index in [4.69, 9.17) is 5.11 Å². The minimum atomic E-state index is -1.08. The SMILES string of the molecule is CC1=CC=C(C(=O)O)CC1(CCBr)C(=O)O. The molecule has 0 spiro atoms. The standard InChI is InChI=1S/C11H13BrO4/c1-7-2-3-8(9(13)14)6-11(7,4-5-12)10(15)16/h2-3H,4-6H2,1H3,(H,13,14)(H,15,16). The van der Waals surface area contributed by atoms with Crippen LogP contribution in [0.4, 0.5) is 0 Å². The van der Waals surface area contributed by atoms with Crippen molar-refractivity contribution < 1.29 is 19.8 Å². The lowest BCUT2D eigenvalue weighted by molar-refractivity contribution is -0.147. The average Bonchev–Trinajstić information content (AvgIpc) is 2.20. The second-order valence-electron chi connectivity index (χ2n) is 3.85. The van der Waals surface area contributed by atoms with Gasteiger partial charge in [-0.1, -0.05) is 33.7 Å². The summed E-state index contributed by atoms with van der Waals surface area (Å²) in [5.74, 6) is -2.02. The largest absolute Gasteiger partial charge is 0.481 e. The van der Waals surface area contributed by atoms with Crippen LogP contribution in [0.2, 0.25) is 0 Å². The van der Waals surface area contributed by atoms with Crippen molar-refractivity contribution in [1.29, 1.82) is 0 Å². The predicted octanol–water partition coefficient (Wildman–Crippen LogP) is 2.20. The van der Waals surface area contributed by atoms with Gasteiger partial charge in [-0.3, -0.25) is 4.79 Å². The van der Waals surface area contributed by atoms with Crippen LogP contribution in [0.1, 0.15) is 19.8 Å². The zero-order chi connectivity index (χ0) is 12.3. The van der Waals surface area contributed by atoms with Gasteiger partial charge in [-0.15, -0.1) is 0 Å². The molecule has 5 heteroatoms. The van der Waals surface area contributed by atoms with Gasteiger partial charge in [-0.05, 0) is 19.8 Å². The molecule has 0 amide bonds. The van der Waals surface area contributed by atoms with Crippen molar-refractivity contribution in [3.8, 4) is 0 Å². The summed E-state index contributed by atoms with van der Waals surface area (Å²) in [6.45, 7) is 1.73. The van der Waals surface area contributed by atoms with Crippen molar-refractivity contribution in [2.24, 2.45) is 5.41 Å². The molecular weight excluding hydrogens is 276 g/mol. The number of halogens is 1. The molecule has 88 valence electrons. The van der Waals surface area contributed by atoms with Crippen molar-refractivity contribution in [3.05, 3.63) is 23.3 Å². The molecule has 1 aliphatic rings. The smallest absolute Gasteiger partial charge is 0.331 e. The maximum atomic E-state index is 11.4. The third kappa shape index (κ3) is 2.19. The summed E-state index contributed by atoms with van der Waals surface area (Å²) in [6.07, 6.45) is 3.50. The summed E-state index contributed by atoms with van der Waals surface area (Å²) in [5.41, 5.74) is -0.232.